The maximum Gasteiger partial charge on any atom is 0.416 e. The minimum absolute atomic E-state index is 0.200. The van der Waals surface area contributed by atoms with Crippen molar-refractivity contribution in [3.05, 3.63) is 68.0 Å². The van der Waals surface area contributed by atoms with Gasteiger partial charge in [0, 0.05) is 18.3 Å². The number of hydrogen-bond acceptors (Lipinski definition) is 7. The van der Waals surface area contributed by atoms with Gasteiger partial charge >= 0.3 is 17.6 Å². The molecule has 0 amide bonds. The number of halogens is 3. The predicted octanol–water partition coefficient (Wildman–Crippen LogP) is 3.36. The van der Waals surface area contributed by atoms with Crippen molar-refractivity contribution in [1.82, 2.24) is 4.98 Å². The Morgan fingerprint density at radius 2 is 1.72 bits per heavy atom. The average molecular weight is 355 g/mol. The summed E-state index contributed by atoms with van der Waals surface area (Å²) in [5, 5.41) is 25.6. The monoisotopic (exact) mass is 355 g/mol. The van der Waals surface area contributed by atoms with Gasteiger partial charge in [-0.3, -0.25) is 30.6 Å². The number of rotatable bonds is 5. The molecule has 0 radical (unpaired) electrons. The summed E-state index contributed by atoms with van der Waals surface area (Å²) >= 11 is 0. The molecule has 0 saturated heterocycles. The molecule has 0 unspecified atom stereocenters. The van der Waals surface area contributed by atoms with E-state index in [0.29, 0.717) is 5.69 Å². The number of hydrogen-bond donors (Lipinski definition) is 1. The van der Waals surface area contributed by atoms with Gasteiger partial charge in [-0.1, -0.05) is 6.07 Å². The minimum atomic E-state index is -4.98. The van der Waals surface area contributed by atoms with E-state index in [2.05, 4.69) is 15.5 Å². The van der Waals surface area contributed by atoms with Crippen molar-refractivity contribution in [2.75, 3.05) is 5.43 Å². The molecule has 0 saturated carbocycles. The summed E-state index contributed by atoms with van der Waals surface area (Å²) in [6.07, 6.45) is -2.44. The molecule has 1 N–H and O–H groups in total. The van der Waals surface area contributed by atoms with Crippen LogP contribution in [-0.4, -0.2) is 21.0 Å². The first-order chi connectivity index (χ1) is 11.7. The van der Waals surface area contributed by atoms with E-state index in [1.165, 1.54) is 12.3 Å². The number of nitrogens with one attached hydrogen (secondary N) is 1. The Labute approximate surface area is 137 Å². The van der Waals surface area contributed by atoms with Crippen molar-refractivity contribution in [2.45, 2.75) is 6.18 Å². The van der Waals surface area contributed by atoms with Crippen molar-refractivity contribution >= 4 is 23.3 Å². The second-order valence-corrected chi connectivity index (χ2v) is 4.53. The lowest BCUT2D eigenvalue weighted by atomic mass is 10.1. The molecule has 2 rings (SSSR count). The first-order valence-electron chi connectivity index (χ1n) is 6.44. The zero-order valence-electron chi connectivity index (χ0n) is 12.1. The normalized spacial score (nSPS) is 11.5. The fourth-order valence-electron chi connectivity index (χ4n) is 1.79. The topological polar surface area (TPSA) is 124 Å². The van der Waals surface area contributed by atoms with Gasteiger partial charge in [-0.2, -0.15) is 18.3 Å². The van der Waals surface area contributed by atoms with Crippen molar-refractivity contribution < 1.29 is 23.0 Å². The van der Waals surface area contributed by atoms with Crippen molar-refractivity contribution in [3.8, 4) is 0 Å². The molecule has 0 aliphatic carbocycles. The fourth-order valence-corrected chi connectivity index (χ4v) is 1.79. The summed E-state index contributed by atoms with van der Waals surface area (Å²) in [5.74, 6) is 0. The average Bonchev–Trinajstić information content (AvgIpc) is 2.54. The van der Waals surface area contributed by atoms with Crippen LogP contribution in [-0.2, 0) is 6.18 Å². The zero-order chi connectivity index (χ0) is 18.6. The summed E-state index contributed by atoms with van der Waals surface area (Å²) in [5.41, 5.74) is -2.15. The highest BCUT2D eigenvalue weighted by atomic mass is 19.4. The van der Waals surface area contributed by atoms with E-state index in [1.54, 1.807) is 12.1 Å². The van der Waals surface area contributed by atoms with Gasteiger partial charge in [0.05, 0.1) is 27.3 Å². The van der Waals surface area contributed by atoms with Gasteiger partial charge in [0.2, 0.25) is 5.69 Å². The summed E-state index contributed by atoms with van der Waals surface area (Å²) in [6.45, 7) is 0. The van der Waals surface area contributed by atoms with E-state index in [0.717, 1.165) is 6.21 Å². The second-order valence-electron chi connectivity index (χ2n) is 4.53. The molecule has 0 bridgehead atoms. The summed E-state index contributed by atoms with van der Waals surface area (Å²) in [6, 6.07) is 5.17. The van der Waals surface area contributed by atoms with Gasteiger partial charge in [-0.15, -0.1) is 0 Å². The smallest absolute Gasteiger partial charge is 0.266 e. The van der Waals surface area contributed by atoms with Crippen LogP contribution >= 0.6 is 0 Å². The quantitative estimate of drug-likeness (QED) is 0.498. The molecule has 9 nitrogen and oxygen atoms in total. The van der Waals surface area contributed by atoms with Crippen LogP contribution in [0.2, 0.25) is 0 Å². The molecule has 0 aliphatic heterocycles. The molecule has 12 heteroatoms. The molecular weight excluding hydrogens is 347 g/mol. The molecule has 0 aliphatic rings. The van der Waals surface area contributed by atoms with E-state index in [4.69, 9.17) is 0 Å². The number of nitro benzene ring substituents is 2. The molecule has 1 aromatic carbocycles. The van der Waals surface area contributed by atoms with Crippen LogP contribution in [0.15, 0.2) is 41.6 Å². The lowest BCUT2D eigenvalue weighted by molar-refractivity contribution is -0.392. The number of anilines is 1. The summed E-state index contributed by atoms with van der Waals surface area (Å²) in [4.78, 5) is 23.6. The maximum atomic E-state index is 12.8. The van der Waals surface area contributed by atoms with Crippen LogP contribution < -0.4 is 5.43 Å². The first kappa shape index (κ1) is 17.8. The molecule has 0 spiro atoms. The predicted molar refractivity (Wildman–Crippen MR) is 80.2 cm³/mol. The van der Waals surface area contributed by atoms with Crippen LogP contribution in [0, 0.1) is 20.2 Å². The fraction of sp³-hybridized carbons (Fsp3) is 0.0769. The maximum absolute atomic E-state index is 12.8. The van der Waals surface area contributed by atoms with Gasteiger partial charge in [0.1, 0.15) is 0 Å². The Kier molecular flexibility index (Phi) is 4.91. The molecular formula is C13H8F3N5O4. The molecule has 130 valence electrons. The van der Waals surface area contributed by atoms with E-state index < -0.39 is 38.6 Å². The van der Waals surface area contributed by atoms with Gasteiger partial charge < -0.3 is 0 Å². The molecule has 2 aromatic rings. The van der Waals surface area contributed by atoms with E-state index in [9.17, 15) is 33.4 Å². The van der Waals surface area contributed by atoms with Gasteiger partial charge in [-0.25, -0.2) is 0 Å². The third kappa shape index (κ3) is 4.25. The third-order valence-corrected chi connectivity index (χ3v) is 2.88. The second kappa shape index (κ2) is 6.90. The number of aromatic nitrogens is 1. The van der Waals surface area contributed by atoms with Gasteiger partial charge in [0.15, 0.2) is 0 Å². The highest BCUT2D eigenvalue weighted by Gasteiger charge is 2.37. The van der Waals surface area contributed by atoms with Crippen LogP contribution in [0.25, 0.3) is 0 Å². The Morgan fingerprint density at radius 3 is 2.16 bits per heavy atom. The molecule has 25 heavy (non-hydrogen) atoms. The lowest BCUT2D eigenvalue weighted by Gasteiger charge is -2.09. The number of nitro groups is 2. The van der Waals surface area contributed by atoms with E-state index in [-0.39, 0.29) is 12.1 Å². The van der Waals surface area contributed by atoms with Gasteiger partial charge in [0.25, 0.3) is 0 Å². The molecule has 1 heterocycles. The Hall–Kier alpha value is -3.57. The Bertz CT molecular complexity index is 804. The minimum Gasteiger partial charge on any atom is -0.266 e. The zero-order valence-corrected chi connectivity index (χ0v) is 12.1. The molecule has 0 fully saturated rings. The number of nitrogens with zero attached hydrogens (tertiary/aromatic N) is 4. The van der Waals surface area contributed by atoms with E-state index in [1.807, 2.05) is 0 Å². The van der Waals surface area contributed by atoms with Crippen LogP contribution in [0.4, 0.5) is 30.2 Å². The SMILES string of the molecule is O=[N+]([O-])c1cc(C(F)(F)F)cc([N+](=O)[O-])c1N/N=C/c1ccccn1. The highest BCUT2D eigenvalue weighted by molar-refractivity contribution is 5.80. The van der Waals surface area contributed by atoms with Crippen molar-refractivity contribution in [2.24, 2.45) is 5.10 Å². The number of benzene rings is 1. The summed E-state index contributed by atoms with van der Waals surface area (Å²) in [7, 11) is 0. The number of hydrazone groups is 1. The Morgan fingerprint density at radius 1 is 1.12 bits per heavy atom. The standard InChI is InChI=1S/C13H8F3N5O4/c14-13(15,16)8-5-10(20(22)23)12(11(6-8)21(24)25)19-18-7-9-3-1-2-4-17-9/h1-7,19H/b18-7+. The highest BCUT2D eigenvalue weighted by Crippen LogP contribution is 2.41. The number of pyridine rings is 1. The Balaban J connectivity index is 2.49. The van der Waals surface area contributed by atoms with Crippen LogP contribution in [0.5, 0.6) is 0 Å². The third-order valence-electron chi connectivity index (χ3n) is 2.88. The van der Waals surface area contributed by atoms with Crippen molar-refractivity contribution in [1.29, 1.82) is 0 Å². The van der Waals surface area contributed by atoms with Crippen LogP contribution in [0.3, 0.4) is 0 Å². The molecule has 0 atom stereocenters. The lowest BCUT2D eigenvalue weighted by Crippen LogP contribution is -2.09. The number of alkyl halides is 3. The molecule has 1 aromatic heterocycles. The first-order valence-corrected chi connectivity index (χ1v) is 6.44. The summed E-state index contributed by atoms with van der Waals surface area (Å²) < 4.78 is 38.3. The largest absolute Gasteiger partial charge is 0.416 e. The van der Waals surface area contributed by atoms with E-state index >= 15 is 0 Å². The van der Waals surface area contributed by atoms with Gasteiger partial charge in [-0.05, 0) is 12.1 Å². The van der Waals surface area contributed by atoms with Crippen molar-refractivity contribution in [3.63, 3.8) is 0 Å². The van der Waals surface area contributed by atoms with Crippen LogP contribution in [0.1, 0.15) is 11.3 Å².